The Balaban J connectivity index is 2.56. The lowest BCUT2D eigenvalue weighted by molar-refractivity contribution is -0.384. The van der Waals surface area contributed by atoms with Gasteiger partial charge in [0.2, 0.25) is 0 Å². The van der Waals surface area contributed by atoms with Gasteiger partial charge in [0, 0.05) is 17.7 Å². The van der Waals surface area contributed by atoms with Crippen molar-refractivity contribution >= 4 is 34.7 Å². The molecule has 1 aliphatic rings. The number of nitrogens with one attached hydrogen (secondary N) is 2. The first kappa shape index (κ1) is 15.9. The second-order valence-corrected chi connectivity index (χ2v) is 5.04. The molecular formula is C14H15N3O4S. The van der Waals surface area contributed by atoms with Crippen LogP contribution in [0.5, 0.6) is 0 Å². The molecule has 0 fully saturated rings. The summed E-state index contributed by atoms with van der Waals surface area (Å²) in [6.07, 6.45) is 0. The number of non-ortho nitro benzene ring substituents is 1. The van der Waals surface area contributed by atoms with Crippen LogP contribution in [0.25, 0.3) is 5.70 Å². The number of carbonyl (C=O) groups excluding carboxylic acids is 1. The molecule has 1 heterocycles. The Hall–Kier alpha value is -2.48. The Morgan fingerprint density at radius 1 is 1.50 bits per heavy atom. The van der Waals surface area contributed by atoms with E-state index in [0.717, 1.165) is 0 Å². The molecule has 7 nitrogen and oxygen atoms in total. The van der Waals surface area contributed by atoms with Crippen molar-refractivity contribution in [2.24, 2.45) is 0 Å². The van der Waals surface area contributed by atoms with Gasteiger partial charge < -0.3 is 15.4 Å². The summed E-state index contributed by atoms with van der Waals surface area (Å²) in [5, 5.41) is 17.1. The highest BCUT2D eigenvalue weighted by atomic mass is 32.1. The minimum Gasteiger partial charge on any atom is -0.463 e. The summed E-state index contributed by atoms with van der Waals surface area (Å²) in [6.45, 7) is 3.73. The van der Waals surface area contributed by atoms with E-state index in [4.69, 9.17) is 17.0 Å². The van der Waals surface area contributed by atoms with Crippen LogP contribution in [-0.2, 0) is 9.53 Å². The molecule has 0 radical (unpaired) electrons. The average molecular weight is 321 g/mol. The van der Waals surface area contributed by atoms with E-state index in [1.165, 1.54) is 12.1 Å². The Morgan fingerprint density at radius 3 is 2.86 bits per heavy atom. The summed E-state index contributed by atoms with van der Waals surface area (Å²) in [5.41, 5.74) is 1.23. The van der Waals surface area contributed by atoms with Crippen LogP contribution in [0.15, 0.2) is 29.8 Å². The van der Waals surface area contributed by atoms with Gasteiger partial charge >= 0.3 is 5.97 Å². The number of thiocarbonyl (C=S) groups is 1. The fourth-order valence-corrected chi connectivity index (χ4v) is 2.47. The highest BCUT2D eigenvalue weighted by molar-refractivity contribution is 7.80. The zero-order chi connectivity index (χ0) is 16.3. The zero-order valence-corrected chi connectivity index (χ0v) is 12.9. The molecule has 2 rings (SSSR count). The maximum absolute atomic E-state index is 12.2. The van der Waals surface area contributed by atoms with Gasteiger partial charge in [-0.15, -0.1) is 0 Å². The molecule has 0 amide bonds. The molecular weight excluding hydrogens is 306 g/mol. The smallest absolute Gasteiger partial charge is 0.338 e. The molecule has 1 aromatic rings. The minimum atomic E-state index is -0.489. The van der Waals surface area contributed by atoms with Crippen molar-refractivity contribution < 1.29 is 14.5 Å². The van der Waals surface area contributed by atoms with Gasteiger partial charge in [-0.2, -0.15) is 0 Å². The Morgan fingerprint density at radius 2 is 2.23 bits per heavy atom. The van der Waals surface area contributed by atoms with Gasteiger partial charge in [-0.1, -0.05) is 12.1 Å². The Labute approximate surface area is 132 Å². The molecule has 1 aliphatic heterocycles. The summed E-state index contributed by atoms with van der Waals surface area (Å²) >= 11 is 5.11. The predicted molar refractivity (Wildman–Crippen MR) is 85.0 cm³/mol. The van der Waals surface area contributed by atoms with E-state index in [9.17, 15) is 14.9 Å². The molecule has 0 aliphatic carbocycles. The summed E-state index contributed by atoms with van der Waals surface area (Å²) < 4.78 is 5.06. The highest BCUT2D eigenvalue weighted by Gasteiger charge is 2.29. The summed E-state index contributed by atoms with van der Waals surface area (Å²) in [6, 6.07) is 5.65. The van der Waals surface area contributed by atoms with Crippen molar-refractivity contribution in [2.45, 2.75) is 19.9 Å². The standard InChI is InChI=1S/C14H15N3O4S/c1-3-21-13(18)11-8(2)15-14(22)16-12(11)9-5-4-6-10(7-9)17(19)20/h4-8H,3H2,1-2H3,(H2,15,16,22)/t8-/m0/s1. The van der Waals surface area contributed by atoms with Gasteiger partial charge in [0.1, 0.15) is 0 Å². The molecule has 0 saturated carbocycles. The van der Waals surface area contributed by atoms with Gasteiger partial charge in [-0.3, -0.25) is 10.1 Å². The normalized spacial score (nSPS) is 17.5. The second kappa shape index (κ2) is 6.52. The molecule has 22 heavy (non-hydrogen) atoms. The number of nitro groups is 1. The van der Waals surface area contributed by atoms with Crippen LogP contribution in [0.3, 0.4) is 0 Å². The Bertz CT molecular complexity index is 672. The van der Waals surface area contributed by atoms with Crippen LogP contribution in [0.4, 0.5) is 5.69 Å². The number of esters is 1. The lowest BCUT2D eigenvalue weighted by atomic mass is 9.99. The molecule has 0 aromatic heterocycles. The molecule has 0 bridgehead atoms. The van der Waals surface area contributed by atoms with Crippen LogP contribution in [0.2, 0.25) is 0 Å². The lowest BCUT2D eigenvalue weighted by Crippen LogP contribution is -2.48. The van der Waals surface area contributed by atoms with E-state index in [-0.39, 0.29) is 18.3 Å². The summed E-state index contributed by atoms with van der Waals surface area (Å²) in [5.74, 6) is -0.487. The predicted octanol–water partition coefficient (Wildman–Crippen LogP) is 1.74. The van der Waals surface area contributed by atoms with Crippen molar-refractivity contribution in [2.75, 3.05) is 6.61 Å². The summed E-state index contributed by atoms with van der Waals surface area (Å²) in [4.78, 5) is 22.6. The highest BCUT2D eigenvalue weighted by Crippen LogP contribution is 2.25. The fourth-order valence-electron chi connectivity index (χ4n) is 2.19. The number of hydrogen-bond donors (Lipinski definition) is 2. The van der Waals surface area contributed by atoms with Crippen molar-refractivity contribution in [3.8, 4) is 0 Å². The van der Waals surface area contributed by atoms with Gasteiger partial charge in [0.05, 0.1) is 28.8 Å². The fraction of sp³-hybridized carbons (Fsp3) is 0.286. The van der Waals surface area contributed by atoms with Crippen LogP contribution < -0.4 is 10.6 Å². The number of nitro benzene ring substituents is 1. The van der Waals surface area contributed by atoms with Crippen LogP contribution in [0, 0.1) is 10.1 Å². The number of carbonyl (C=O) groups is 1. The molecule has 2 N–H and O–H groups in total. The second-order valence-electron chi connectivity index (χ2n) is 4.64. The quantitative estimate of drug-likeness (QED) is 0.377. The molecule has 0 unspecified atom stereocenters. The molecule has 8 heteroatoms. The molecule has 1 atom stereocenters. The van der Waals surface area contributed by atoms with Crippen molar-refractivity contribution in [3.05, 3.63) is 45.5 Å². The lowest BCUT2D eigenvalue weighted by Gasteiger charge is -2.28. The third-order valence-electron chi connectivity index (χ3n) is 3.13. The van der Waals surface area contributed by atoms with E-state index in [2.05, 4.69) is 10.6 Å². The topological polar surface area (TPSA) is 93.5 Å². The molecule has 0 saturated heterocycles. The maximum Gasteiger partial charge on any atom is 0.338 e. The van der Waals surface area contributed by atoms with Gasteiger partial charge in [0.15, 0.2) is 5.11 Å². The monoisotopic (exact) mass is 321 g/mol. The van der Waals surface area contributed by atoms with Crippen LogP contribution in [-0.4, -0.2) is 28.7 Å². The SMILES string of the molecule is CCOC(=O)C1=C(c2cccc([N+](=O)[O-])c2)NC(=S)N[C@H]1C. The first-order valence-corrected chi connectivity index (χ1v) is 7.08. The van der Waals surface area contributed by atoms with Crippen molar-refractivity contribution in [1.29, 1.82) is 0 Å². The molecule has 1 aromatic carbocycles. The minimum absolute atomic E-state index is 0.0629. The number of nitrogens with zero attached hydrogens (tertiary/aromatic N) is 1. The van der Waals surface area contributed by atoms with E-state index in [1.54, 1.807) is 26.0 Å². The first-order chi connectivity index (χ1) is 10.4. The third kappa shape index (κ3) is 3.22. The van der Waals surface area contributed by atoms with Gasteiger partial charge in [0.25, 0.3) is 5.69 Å². The Kier molecular flexibility index (Phi) is 4.71. The molecule has 116 valence electrons. The number of rotatable bonds is 4. The zero-order valence-electron chi connectivity index (χ0n) is 12.1. The van der Waals surface area contributed by atoms with Crippen LogP contribution in [0.1, 0.15) is 19.4 Å². The van der Waals surface area contributed by atoms with Gasteiger partial charge in [-0.25, -0.2) is 4.79 Å². The number of hydrogen-bond acceptors (Lipinski definition) is 5. The van der Waals surface area contributed by atoms with E-state index >= 15 is 0 Å². The summed E-state index contributed by atoms with van der Waals surface area (Å²) in [7, 11) is 0. The maximum atomic E-state index is 12.2. The van der Waals surface area contributed by atoms with E-state index < -0.39 is 10.9 Å². The average Bonchev–Trinajstić information content (AvgIpc) is 2.46. The largest absolute Gasteiger partial charge is 0.463 e. The van der Waals surface area contributed by atoms with Crippen molar-refractivity contribution in [3.63, 3.8) is 0 Å². The molecule has 0 spiro atoms. The number of ether oxygens (including phenoxy) is 1. The first-order valence-electron chi connectivity index (χ1n) is 6.67. The van der Waals surface area contributed by atoms with E-state index in [1.807, 2.05) is 0 Å². The van der Waals surface area contributed by atoms with Crippen molar-refractivity contribution in [1.82, 2.24) is 10.6 Å². The third-order valence-corrected chi connectivity index (χ3v) is 3.35. The number of benzene rings is 1. The van der Waals surface area contributed by atoms with Gasteiger partial charge in [-0.05, 0) is 26.1 Å². The van der Waals surface area contributed by atoms with E-state index in [0.29, 0.717) is 21.9 Å². The van der Waals surface area contributed by atoms with Crippen LogP contribution >= 0.6 is 12.2 Å².